The minimum absolute atomic E-state index is 0.0574. The third-order valence-electron chi connectivity index (χ3n) is 6.67. The number of hydrogen-bond acceptors (Lipinski definition) is 4. The van der Waals surface area contributed by atoms with Crippen molar-refractivity contribution in [3.05, 3.63) is 23.8 Å². The third-order valence-corrected chi connectivity index (χ3v) is 9.05. The summed E-state index contributed by atoms with van der Waals surface area (Å²) in [5.74, 6) is 0.786. The Labute approximate surface area is 180 Å². The van der Waals surface area contributed by atoms with E-state index in [1.807, 2.05) is 30.0 Å². The third kappa shape index (κ3) is 4.89. The van der Waals surface area contributed by atoms with Crippen LogP contribution < -0.4 is 9.64 Å². The van der Waals surface area contributed by atoms with Crippen molar-refractivity contribution >= 4 is 20.0 Å². The fraction of sp³-hybridized carbons (Fsp3) is 0.696. The molecule has 2 heterocycles. The first-order valence-corrected chi connectivity index (χ1v) is 14.2. The standard InChI is InChI=1S/C23H36FNO4Si/c1-16-22(28-2)18-15-17(25-13-8-6-5-7-9-21(25)27)10-11-19(18)29-23(16)20(12-14-26)30(3,4)24/h10-11,15-16,20,22-23,26H,5-9,12-14H2,1-4H3/t16-,20?,22-,23-/m0/s1. The van der Waals surface area contributed by atoms with E-state index in [1.165, 1.54) is 0 Å². The van der Waals surface area contributed by atoms with Gasteiger partial charge in [-0.3, -0.25) is 4.79 Å². The summed E-state index contributed by atoms with van der Waals surface area (Å²) in [5.41, 5.74) is 1.47. The van der Waals surface area contributed by atoms with Crippen molar-refractivity contribution in [1.82, 2.24) is 0 Å². The maximum absolute atomic E-state index is 15.1. The Kier molecular flexibility index (Phi) is 7.58. The van der Waals surface area contributed by atoms with E-state index in [0.29, 0.717) is 18.6 Å². The number of carbonyl (C=O) groups excluding carboxylic acids is 1. The zero-order chi connectivity index (χ0) is 21.9. The SMILES string of the molecule is CO[C@@H]1c2cc(N3CCCCCCC3=O)ccc2O[C@H](C(CCO)[Si](C)(C)F)[C@H]1C. The molecule has 1 unspecified atom stereocenters. The molecule has 0 radical (unpaired) electrons. The maximum atomic E-state index is 15.1. The van der Waals surface area contributed by atoms with Crippen molar-refractivity contribution in [2.45, 2.75) is 76.3 Å². The van der Waals surface area contributed by atoms with Crippen LogP contribution in [0.25, 0.3) is 0 Å². The van der Waals surface area contributed by atoms with Crippen molar-refractivity contribution in [2.24, 2.45) is 5.92 Å². The predicted octanol–water partition coefficient (Wildman–Crippen LogP) is 5.00. The van der Waals surface area contributed by atoms with E-state index in [0.717, 1.165) is 43.5 Å². The van der Waals surface area contributed by atoms with Crippen LogP contribution in [0.5, 0.6) is 5.75 Å². The van der Waals surface area contributed by atoms with Crippen LogP contribution in [0.4, 0.5) is 9.80 Å². The van der Waals surface area contributed by atoms with Crippen LogP contribution >= 0.6 is 0 Å². The topological polar surface area (TPSA) is 59.0 Å². The molecule has 0 saturated carbocycles. The first-order valence-electron chi connectivity index (χ1n) is 11.2. The lowest BCUT2D eigenvalue weighted by molar-refractivity contribution is -0.118. The average Bonchev–Trinajstić information content (AvgIpc) is 2.68. The molecule has 4 atom stereocenters. The molecule has 3 rings (SSSR count). The number of benzene rings is 1. The highest BCUT2D eigenvalue weighted by Crippen LogP contribution is 2.48. The van der Waals surface area contributed by atoms with E-state index < -0.39 is 8.41 Å². The van der Waals surface area contributed by atoms with Crippen LogP contribution in [0.3, 0.4) is 0 Å². The second kappa shape index (κ2) is 9.79. The summed E-state index contributed by atoms with van der Waals surface area (Å²) in [6.45, 7) is 6.06. The number of amides is 1. The summed E-state index contributed by atoms with van der Waals surface area (Å²) in [6, 6.07) is 5.83. The summed E-state index contributed by atoms with van der Waals surface area (Å²) in [6.07, 6.45) is 4.58. The fourth-order valence-electron chi connectivity index (χ4n) is 5.00. The number of aliphatic hydroxyl groups excluding tert-OH is 1. The van der Waals surface area contributed by atoms with Gasteiger partial charge in [-0.25, -0.2) is 0 Å². The molecule has 30 heavy (non-hydrogen) atoms. The van der Waals surface area contributed by atoms with Gasteiger partial charge in [0, 0.05) is 49.4 Å². The molecule has 1 aromatic rings. The van der Waals surface area contributed by atoms with Gasteiger partial charge >= 0.3 is 0 Å². The van der Waals surface area contributed by atoms with Crippen molar-refractivity contribution in [3.63, 3.8) is 0 Å². The zero-order valence-electron chi connectivity index (χ0n) is 18.7. The molecule has 1 fully saturated rings. The predicted molar refractivity (Wildman–Crippen MR) is 119 cm³/mol. The highest BCUT2D eigenvalue weighted by atomic mass is 28.4. The van der Waals surface area contributed by atoms with Crippen molar-refractivity contribution in [1.29, 1.82) is 0 Å². The number of carbonyl (C=O) groups is 1. The summed E-state index contributed by atoms with van der Waals surface area (Å²) < 4.78 is 27.3. The molecular weight excluding hydrogens is 401 g/mol. The Morgan fingerprint density at radius 1 is 1.30 bits per heavy atom. The minimum Gasteiger partial charge on any atom is -0.490 e. The second-order valence-electron chi connectivity index (χ2n) is 9.21. The van der Waals surface area contributed by atoms with Crippen molar-refractivity contribution < 1.29 is 23.5 Å². The molecule has 2 aliphatic rings. The van der Waals surface area contributed by atoms with Gasteiger partial charge in [0.1, 0.15) is 11.9 Å². The fourth-order valence-corrected chi connectivity index (χ4v) is 6.97. The minimum atomic E-state index is -3.05. The molecule has 1 amide bonds. The largest absolute Gasteiger partial charge is 0.490 e. The van der Waals surface area contributed by atoms with E-state index in [2.05, 4.69) is 0 Å². The summed E-state index contributed by atoms with van der Waals surface area (Å²) in [4.78, 5) is 14.6. The number of nitrogens with zero attached hydrogens (tertiary/aromatic N) is 1. The molecule has 0 bridgehead atoms. The number of fused-ring (bicyclic) bond motifs is 1. The molecule has 1 saturated heterocycles. The lowest BCUT2D eigenvalue weighted by atomic mass is 9.86. The Morgan fingerprint density at radius 3 is 2.70 bits per heavy atom. The van der Waals surface area contributed by atoms with Crippen LogP contribution in [0, 0.1) is 5.92 Å². The number of halogens is 1. The second-order valence-corrected chi connectivity index (χ2v) is 13.1. The molecule has 0 aromatic heterocycles. The number of methoxy groups -OCH3 is 1. The van der Waals surface area contributed by atoms with E-state index in [1.54, 1.807) is 20.2 Å². The summed E-state index contributed by atoms with van der Waals surface area (Å²) in [7, 11) is -1.38. The lowest BCUT2D eigenvalue weighted by Crippen LogP contribution is -2.46. The average molecular weight is 438 g/mol. The quantitative estimate of drug-likeness (QED) is 0.503. The van der Waals surface area contributed by atoms with Crippen LogP contribution in [0.15, 0.2) is 18.2 Å². The van der Waals surface area contributed by atoms with Crippen molar-refractivity contribution in [3.8, 4) is 5.75 Å². The summed E-state index contributed by atoms with van der Waals surface area (Å²) >= 11 is 0. The maximum Gasteiger partial charge on any atom is 0.247 e. The Bertz CT molecular complexity index is 738. The zero-order valence-corrected chi connectivity index (χ0v) is 19.7. The molecule has 1 aromatic carbocycles. The van der Waals surface area contributed by atoms with E-state index in [9.17, 15) is 9.90 Å². The van der Waals surface area contributed by atoms with Crippen LogP contribution in [0.2, 0.25) is 18.6 Å². The molecule has 1 N–H and O–H groups in total. The monoisotopic (exact) mass is 437 g/mol. The van der Waals surface area contributed by atoms with Gasteiger partial charge in [-0.1, -0.05) is 19.8 Å². The smallest absolute Gasteiger partial charge is 0.247 e. The molecular formula is C23H36FNO4Si. The first-order chi connectivity index (χ1) is 14.3. The Balaban J connectivity index is 1.93. The van der Waals surface area contributed by atoms with Gasteiger partial charge < -0.3 is 23.6 Å². The van der Waals surface area contributed by atoms with Gasteiger partial charge in [-0.05, 0) is 50.6 Å². The van der Waals surface area contributed by atoms with Crippen molar-refractivity contribution in [2.75, 3.05) is 25.2 Å². The van der Waals surface area contributed by atoms with Gasteiger partial charge in [0.2, 0.25) is 14.3 Å². The van der Waals surface area contributed by atoms with Crippen LogP contribution in [0.1, 0.15) is 57.1 Å². The highest BCUT2D eigenvalue weighted by Gasteiger charge is 2.47. The lowest BCUT2D eigenvalue weighted by Gasteiger charge is -2.43. The number of rotatable bonds is 6. The first kappa shape index (κ1) is 23.2. The van der Waals surface area contributed by atoms with E-state index in [4.69, 9.17) is 9.47 Å². The molecule has 168 valence electrons. The molecule has 0 aliphatic carbocycles. The van der Waals surface area contributed by atoms with Crippen LogP contribution in [-0.4, -0.2) is 45.8 Å². The van der Waals surface area contributed by atoms with Gasteiger partial charge in [0.15, 0.2) is 0 Å². The number of hydrogen-bond donors (Lipinski definition) is 1. The van der Waals surface area contributed by atoms with Gasteiger partial charge in [-0.2, -0.15) is 0 Å². The normalized spacial score (nSPS) is 26.4. The molecule has 2 aliphatic heterocycles. The van der Waals surface area contributed by atoms with Gasteiger partial charge in [0.25, 0.3) is 0 Å². The highest BCUT2D eigenvalue weighted by molar-refractivity contribution is 6.72. The Morgan fingerprint density at radius 2 is 2.03 bits per heavy atom. The van der Waals surface area contributed by atoms with Crippen LogP contribution in [-0.2, 0) is 9.53 Å². The number of anilines is 1. The number of aliphatic hydroxyl groups is 1. The van der Waals surface area contributed by atoms with E-state index >= 15 is 4.11 Å². The molecule has 5 nitrogen and oxygen atoms in total. The van der Waals surface area contributed by atoms with Gasteiger partial charge in [-0.15, -0.1) is 0 Å². The Hall–Kier alpha value is -1.44. The number of ether oxygens (including phenoxy) is 2. The summed E-state index contributed by atoms with van der Waals surface area (Å²) in [5, 5.41) is 9.52. The van der Waals surface area contributed by atoms with E-state index in [-0.39, 0.29) is 36.2 Å². The molecule has 0 spiro atoms. The van der Waals surface area contributed by atoms with Gasteiger partial charge in [0.05, 0.1) is 6.10 Å². The molecule has 7 heteroatoms.